The Morgan fingerprint density at radius 3 is 2.54 bits per heavy atom. The van der Waals surface area contributed by atoms with Crippen LogP contribution >= 0.6 is 0 Å². The number of carbonyl (C=O) groups is 1. The van der Waals surface area contributed by atoms with Crippen molar-refractivity contribution in [1.82, 2.24) is 5.32 Å². The predicted octanol–water partition coefficient (Wildman–Crippen LogP) is 0.223. The maximum atomic E-state index is 10.6. The average molecular weight is 341 g/mol. The summed E-state index contributed by atoms with van der Waals surface area (Å²) in [6.07, 6.45) is -6.14. The number of hydrogen-bond acceptors (Lipinski definition) is 6. The normalized spacial score (nSPS) is 30.0. The van der Waals surface area contributed by atoms with Gasteiger partial charge in [0.2, 0.25) is 6.29 Å². The Labute approximate surface area is 139 Å². The van der Waals surface area contributed by atoms with Gasteiger partial charge in [0, 0.05) is 6.54 Å². The summed E-state index contributed by atoms with van der Waals surface area (Å²) in [7, 11) is 0. The number of aliphatic hydroxyl groups is 3. The van der Waals surface area contributed by atoms with Gasteiger partial charge in [-0.15, -0.1) is 0 Å². The molecule has 1 aliphatic heterocycles. The van der Waals surface area contributed by atoms with Gasteiger partial charge in [-0.2, -0.15) is 0 Å². The zero-order valence-corrected chi connectivity index (χ0v) is 13.5. The van der Waals surface area contributed by atoms with Gasteiger partial charge in [-0.05, 0) is 36.6 Å². The fraction of sp³-hybridized carbons (Fsp3) is 0.562. The van der Waals surface area contributed by atoms with Crippen LogP contribution in [-0.2, 0) is 17.7 Å². The summed E-state index contributed by atoms with van der Waals surface area (Å²) in [5.41, 5.74) is 1.71. The lowest BCUT2D eigenvalue weighted by Gasteiger charge is -2.38. The first-order chi connectivity index (χ1) is 11.3. The molecular formula is C16H23NO7. The Balaban J connectivity index is 2.10. The van der Waals surface area contributed by atoms with Crippen LogP contribution in [0.2, 0.25) is 0 Å². The number of amides is 1. The molecule has 1 aromatic rings. The Bertz CT molecular complexity index is 580. The van der Waals surface area contributed by atoms with Crippen molar-refractivity contribution < 1.29 is 34.7 Å². The van der Waals surface area contributed by atoms with E-state index in [1.54, 1.807) is 25.1 Å². The fourth-order valence-electron chi connectivity index (χ4n) is 2.59. The smallest absolute Gasteiger partial charge is 0.404 e. The van der Waals surface area contributed by atoms with E-state index in [1.165, 1.54) is 0 Å². The Kier molecular flexibility index (Phi) is 6.00. The van der Waals surface area contributed by atoms with E-state index in [2.05, 4.69) is 5.32 Å². The quantitative estimate of drug-likeness (QED) is 0.518. The zero-order valence-electron chi connectivity index (χ0n) is 13.5. The van der Waals surface area contributed by atoms with Gasteiger partial charge in [-0.3, -0.25) is 0 Å². The van der Waals surface area contributed by atoms with E-state index >= 15 is 0 Å². The third-order valence-electron chi connectivity index (χ3n) is 4.05. The van der Waals surface area contributed by atoms with Crippen molar-refractivity contribution >= 4 is 6.09 Å². The summed E-state index contributed by atoms with van der Waals surface area (Å²) in [6, 6.07) is 5.10. The van der Waals surface area contributed by atoms with E-state index in [1.807, 2.05) is 6.92 Å². The summed E-state index contributed by atoms with van der Waals surface area (Å²) >= 11 is 0. The highest BCUT2D eigenvalue weighted by atomic mass is 16.7. The van der Waals surface area contributed by atoms with Crippen molar-refractivity contribution in [3.63, 3.8) is 0 Å². The number of aliphatic hydroxyl groups excluding tert-OH is 3. The van der Waals surface area contributed by atoms with E-state index in [4.69, 9.17) is 14.6 Å². The van der Waals surface area contributed by atoms with Crippen LogP contribution in [0.4, 0.5) is 4.79 Å². The van der Waals surface area contributed by atoms with Gasteiger partial charge in [0.15, 0.2) is 0 Å². The number of ether oxygens (including phenoxy) is 2. The molecule has 8 heteroatoms. The number of benzene rings is 1. The minimum atomic E-state index is -1.38. The SMILES string of the molecule is CCc1cc(O[C@@H]2O[C@@H](C)[C@H](O)[C@@H](O)[C@H]2O)ccc1CNC(=O)O. The monoisotopic (exact) mass is 341 g/mol. The van der Waals surface area contributed by atoms with Crippen LogP contribution in [0.25, 0.3) is 0 Å². The predicted molar refractivity (Wildman–Crippen MR) is 83.7 cm³/mol. The molecule has 0 aromatic heterocycles. The van der Waals surface area contributed by atoms with Gasteiger partial charge >= 0.3 is 6.09 Å². The topological polar surface area (TPSA) is 128 Å². The molecule has 5 atom stereocenters. The van der Waals surface area contributed by atoms with Crippen molar-refractivity contribution in [3.05, 3.63) is 29.3 Å². The second kappa shape index (κ2) is 7.80. The van der Waals surface area contributed by atoms with Crippen molar-refractivity contribution in [3.8, 4) is 5.75 Å². The maximum Gasteiger partial charge on any atom is 0.404 e. The number of aryl methyl sites for hydroxylation is 1. The van der Waals surface area contributed by atoms with E-state index in [-0.39, 0.29) is 6.54 Å². The van der Waals surface area contributed by atoms with Gasteiger partial charge in [0.1, 0.15) is 24.1 Å². The first-order valence-corrected chi connectivity index (χ1v) is 7.78. The molecule has 134 valence electrons. The van der Waals surface area contributed by atoms with Gasteiger partial charge in [-0.1, -0.05) is 13.0 Å². The molecule has 0 aliphatic carbocycles. The molecule has 1 aliphatic rings. The molecule has 2 rings (SSSR count). The van der Waals surface area contributed by atoms with Gasteiger partial charge in [0.05, 0.1) is 6.10 Å². The molecule has 1 amide bonds. The van der Waals surface area contributed by atoms with Gasteiger partial charge in [-0.25, -0.2) is 4.79 Å². The summed E-state index contributed by atoms with van der Waals surface area (Å²) in [6.45, 7) is 3.69. The number of carboxylic acid groups (broad SMARTS) is 1. The standard InChI is InChI=1S/C16H23NO7/c1-3-9-6-11(5-4-10(9)7-17-16(21)22)24-15-14(20)13(19)12(18)8(2)23-15/h4-6,8,12-15,17-20H,3,7H2,1-2H3,(H,21,22)/t8-,12-,13+,14+,15-/m0/s1. The van der Waals surface area contributed by atoms with Crippen LogP contribution in [0.5, 0.6) is 5.75 Å². The zero-order chi connectivity index (χ0) is 17.9. The summed E-state index contributed by atoms with van der Waals surface area (Å²) in [5, 5.41) is 40.5. The second-order valence-electron chi connectivity index (χ2n) is 5.74. The molecule has 1 fully saturated rings. The fourth-order valence-corrected chi connectivity index (χ4v) is 2.59. The maximum absolute atomic E-state index is 10.6. The minimum absolute atomic E-state index is 0.184. The van der Waals surface area contributed by atoms with Gasteiger partial charge in [0.25, 0.3) is 0 Å². The summed E-state index contributed by atoms with van der Waals surface area (Å²) in [4.78, 5) is 10.6. The lowest BCUT2D eigenvalue weighted by Crippen LogP contribution is -2.58. The number of nitrogens with one attached hydrogen (secondary N) is 1. The number of hydrogen-bond donors (Lipinski definition) is 5. The Hall–Kier alpha value is -1.87. The lowest BCUT2D eigenvalue weighted by atomic mass is 10.00. The largest absolute Gasteiger partial charge is 0.465 e. The molecule has 0 radical (unpaired) electrons. The Morgan fingerprint density at radius 1 is 1.21 bits per heavy atom. The molecule has 8 nitrogen and oxygen atoms in total. The van der Waals surface area contributed by atoms with Crippen LogP contribution in [0, 0.1) is 0 Å². The molecule has 0 bridgehead atoms. The number of rotatable bonds is 5. The molecule has 5 N–H and O–H groups in total. The summed E-state index contributed by atoms with van der Waals surface area (Å²) < 4.78 is 11.0. The third kappa shape index (κ3) is 4.15. The molecule has 1 aromatic carbocycles. The van der Waals surface area contributed by atoms with Gasteiger partial charge < -0.3 is 35.2 Å². The van der Waals surface area contributed by atoms with Crippen molar-refractivity contribution in [2.24, 2.45) is 0 Å². The van der Waals surface area contributed by atoms with E-state index in [0.717, 1.165) is 11.1 Å². The molecule has 0 spiro atoms. The minimum Gasteiger partial charge on any atom is -0.465 e. The second-order valence-corrected chi connectivity index (χ2v) is 5.74. The molecule has 24 heavy (non-hydrogen) atoms. The molecule has 1 saturated heterocycles. The first kappa shape index (κ1) is 18.5. The lowest BCUT2D eigenvalue weighted by molar-refractivity contribution is -0.268. The molecule has 1 heterocycles. The van der Waals surface area contributed by atoms with Crippen molar-refractivity contribution in [2.45, 2.75) is 57.5 Å². The van der Waals surface area contributed by atoms with E-state index < -0.39 is 36.8 Å². The highest BCUT2D eigenvalue weighted by Crippen LogP contribution is 2.26. The van der Waals surface area contributed by atoms with E-state index in [0.29, 0.717) is 12.2 Å². The first-order valence-electron chi connectivity index (χ1n) is 7.78. The van der Waals surface area contributed by atoms with Crippen molar-refractivity contribution in [2.75, 3.05) is 0 Å². The highest BCUT2D eigenvalue weighted by Gasteiger charge is 2.43. The molecule has 0 unspecified atom stereocenters. The molecule has 0 saturated carbocycles. The Morgan fingerprint density at radius 2 is 1.92 bits per heavy atom. The van der Waals surface area contributed by atoms with Crippen LogP contribution in [0.3, 0.4) is 0 Å². The van der Waals surface area contributed by atoms with Crippen LogP contribution in [-0.4, -0.2) is 57.2 Å². The average Bonchev–Trinajstić information content (AvgIpc) is 2.56. The highest BCUT2D eigenvalue weighted by molar-refractivity contribution is 5.64. The molecular weight excluding hydrogens is 318 g/mol. The van der Waals surface area contributed by atoms with Crippen LogP contribution < -0.4 is 10.1 Å². The summed E-state index contributed by atoms with van der Waals surface area (Å²) in [5.74, 6) is 0.422. The van der Waals surface area contributed by atoms with E-state index in [9.17, 15) is 20.1 Å². The van der Waals surface area contributed by atoms with Crippen LogP contribution in [0.1, 0.15) is 25.0 Å². The van der Waals surface area contributed by atoms with Crippen molar-refractivity contribution in [1.29, 1.82) is 0 Å². The third-order valence-corrected chi connectivity index (χ3v) is 4.05. The van der Waals surface area contributed by atoms with Crippen LogP contribution in [0.15, 0.2) is 18.2 Å².